The Bertz CT molecular complexity index is 1370. The minimum absolute atomic E-state index is 0.0925. The van der Waals surface area contributed by atoms with Crippen molar-refractivity contribution >= 4 is 26.8 Å². The lowest BCUT2D eigenvalue weighted by atomic mass is 10.1. The number of hydrogen-bond donors (Lipinski definition) is 2. The zero-order valence-electron chi connectivity index (χ0n) is 17.8. The number of fused-ring (bicyclic) bond motifs is 1. The maximum absolute atomic E-state index is 13.2. The molecule has 0 spiro atoms. The summed E-state index contributed by atoms with van der Waals surface area (Å²) in [5, 5.41) is 14.8. The number of nitrogens with one attached hydrogen (secondary N) is 1. The van der Waals surface area contributed by atoms with E-state index in [2.05, 4.69) is 19.8 Å². The van der Waals surface area contributed by atoms with Crippen molar-refractivity contribution in [2.45, 2.75) is 11.0 Å². The fraction of sp³-hybridized carbons (Fsp3) is 0.190. The molecular formula is C21H20N4O7S. The molecule has 0 aliphatic carbocycles. The van der Waals surface area contributed by atoms with Crippen molar-refractivity contribution in [2.24, 2.45) is 0 Å². The predicted molar refractivity (Wildman–Crippen MR) is 117 cm³/mol. The van der Waals surface area contributed by atoms with Gasteiger partial charge in [-0.15, -0.1) is 0 Å². The number of aliphatic hydroxyl groups excluding tert-OH is 1. The molecule has 4 rings (SSSR count). The molecule has 0 saturated heterocycles. The van der Waals surface area contributed by atoms with E-state index in [0.29, 0.717) is 5.56 Å². The van der Waals surface area contributed by atoms with E-state index in [0.717, 1.165) is 0 Å². The molecule has 33 heavy (non-hydrogen) atoms. The van der Waals surface area contributed by atoms with Gasteiger partial charge in [0.2, 0.25) is 0 Å². The summed E-state index contributed by atoms with van der Waals surface area (Å²) >= 11 is 0. The van der Waals surface area contributed by atoms with Crippen LogP contribution in [0.5, 0.6) is 17.2 Å². The van der Waals surface area contributed by atoms with Crippen molar-refractivity contribution in [3.63, 3.8) is 0 Å². The van der Waals surface area contributed by atoms with Gasteiger partial charge in [-0.05, 0) is 35.9 Å². The van der Waals surface area contributed by atoms with E-state index in [1.165, 1.54) is 58.0 Å². The smallest absolute Gasteiger partial charge is 0.270 e. The quantitative estimate of drug-likeness (QED) is 0.392. The van der Waals surface area contributed by atoms with E-state index in [9.17, 15) is 13.5 Å². The van der Waals surface area contributed by atoms with E-state index in [1.807, 2.05) is 0 Å². The lowest BCUT2D eigenvalue weighted by Gasteiger charge is -2.14. The van der Waals surface area contributed by atoms with Gasteiger partial charge >= 0.3 is 0 Å². The van der Waals surface area contributed by atoms with E-state index in [1.54, 1.807) is 12.1 Å². The summed E-state index contributed by atoms with van der Waals surface area (Å²) in [6.07, 6.45) is 1.86. The van der Waals surface area contributed by atoms with Crippen LogP contribution in [0.1, 0.15) is 17.5 Å². The van der Waals surface area contributed by atoms with Crippen LogP contribution >= 0.6 is 0 Å². The van der Waals surface area contributed by atoms with Crippen molar-refractivity contribution in [1.29, 1.82) is 0 Å². The predicted octanol–water partition coefficient (Wildman–Crippen LogP) is 2.53. The van der Waals surface area contributed by atoms with Crippen LogP contribution < -0.4 is 18.9 Å². The molecule has 11 nitrogen and oxygen atoms in total. The molecule has 2 aromatic carbocycles. The molecule has 0 amide bonds. The number of benzene rings is 2. The first-order valence-electron chi connectivity index (χ1n) is 9.55. The molecule has 2 aromatic heterocycles. The fourth-order valence-corrected chi connectivity index (χ4v) is 4.63. The third kappa shape index (κ3) is 4.13. The Morgan fingerprint density at radius 2 is 1.61 bits per heavy atom. The number of aliphatic hydroxyl groups is 1. The highest BCUT2D eigenvalue weighted by Gasteiger charge is 2.28. The largest absolute Gasteiger partial charge is 0.496 e. The molecule has 2 N–H and O–H groups in total. The van der Waals surface area contributed by atoms with E-state index in [-0.39, 0.29) is 44.8 Å². The number of rotatable bonds is 8. The van der Waals surface area contributed by atoms with E-state index >= 15 is 0 Å². The molecule has 4 aromatic rings. The van der Waals surface area contributed by atoms with Crippen LogP contribution in [-0.4, -0.2) is 50.0 Å². The van der Waals surface area contributed by atoms with Crippen LogP contribution in [0.4, 0.5) is 5.82 Å². The van der Waals surface area contributed by atoms with Crippen LogP contribution in [0.2, 0.25) is 0 Å². The normalized spacial score (nSPS) is 12.4. The summed E-state index contributed by atoms with van der Waals surface area (Å²) in [6.45, 7) is 0. The zero-order valence-corrected chi connectivity index (χ0v) is 18.7. The molecule has 0 aliphatic heterocycles. The molecule has 0 saturated carbocycles. The van der Waals surface area contributed by atoms with Crippen LogP contribution in [-0.2, 0) is 10.0 Å². The molecule has 1 unspecified atom stereocenters. The van der Waals surface area contributed by atoms with Gasteiger partial charge in [-0.2, -0.15) is 0 Å². The number of ether oxygens (including phenoxy) is 3. The zero-order chi connectivity index (χ0) is 23.6. The topological polar surface area (TPSA) is 146 Å². The van der Waals surface area contributed by atoms with Crippen molar-refractivity contribution < 1.29 is 32.3 Å². The maximum atomic E-state index is 13.2. The summed E-state index contributed by atoms with van der Waals surface area (Å²) in [6, 6.07) is 9.27. The average Bonchev–Trinajstić information content (AvgIpc) is 3.24. The number of nitrogens with zero attached hydrogens (tertiary/aromatic N) is 3. The monoisotopic (exact) mass is 472 g/mol. The second kappa shape index (κ2) is 8.92. The van der Waals surface area contributed by atoms with Gasteiger partial charge in [-0.25, -0.2) is 18.4 Å². The summed E-state index contributed by atoms with van der Waals surface area (Å²) in [5.74, 6) is 0.489. The molecule has 12 heteroatoms. The number of anilines is 1. The lowest BCUT2D eigenvalue weighted by molar-refractivity contribution is 0.209. The van der Waals surface area contributed by atoms with Gasteiger partial charge in [0.05, 0.1) is 21.3 Å². The van der Waals surface area contributed by atoms with E-state index in [4.69, 9.17) is 18.7 Å². The molecule has 0 bridgehead atoms. The SMILES string of the molecule is COc1cccc(OC)c1S(=O)(=O)Nc1noc2cc(C(O)c3ncccn3)cc(OC)c12. The molecule has 0 aliphatic rings. The minimum Gasteiger partial charge on any atom is -0.496 e. The van der Waals surface area contributed by atoms with Crippen molar-refractivity contribution in [3.05, 3.63) is 60.2 Å². The summed E-state index contributed by atoms with van der Waals surface area (Å²) in [5.41, 5.74) is 0.562. The maximum Gasteiger partial charge on any atom is 0.270 e. The Kier molecular flexibility index (Phi) is 6.03. The van der Waals surface area contributed by atoms with Crippen LogP contribution in [0, 0.1) is 0 Å². The summed E-state index contributed by atoms with van der Waals surface area (Å²) in [7, 11) is -0.0952. The second-order valence-corrected chi connectivity index (χ2v) is 8.35. The highest BCUT2D eigenvalue weighted by atomic mass is 32.2. The van der Waals surface area contributed by atoms with Crippen LogP contribution in [0.3, 0.4) is 0 Å². The van der Waals surface area contributed by atoms with E-state index < -0.39 is 16.1 Å². The Morgan fingerprint density at radius 1 is 0.970 bits per heavy atom. The summed E-state index contributed by atoms with van der Waals surface area (Å²) in [4.78, 5) is 7.90. The van der Waals surface area contributed by atoms with Crippen molar-refractivity contribution in [1.82, 2.24) is 15.1 Å². The average molecular weight is 472 g/mol. The van der Waals surface area contributed by atoms with Crippen molar-refractivity contribution in [2.75, 3.05) is 26.1 Å². The van der Waals surface area contributed by atoms with Gasteiger partial charge in [0.25, 0.3) is 10.0 Å². The van der Waals surface area contributed by atoms with Crippen LogP contribution in [0.15, 0.2) is 58.2 Å². The van der Waals surface area contributed by atoms with Crippen LogP contribution in [0.25, 0.3) is 11.0 Å². The van der Waals surface area contributed by atoms with Gasteiger partial charge < -0.3 is 23.8 Å². The number of sulfonamides is 1. The molecule has 172 valence electrons. The number of aromatic nitrogens is 3. The van der Waals surface area contributed by atoms with Gasteiger partial charge in [0.1, 0.15) is 28.7 Å². The molecule has 0 radical (unpaired) electrons. The molecule has 0 fully saturated rings. The highest BCUT2D eigenvalue weighted by Crippen LogP contribution is 2.39. The van der Waals surface area contributed by atoms with Gasteiger partial charge in [0, 0.05) is 12.4 Å². The van der Waals surface area contributed by atoms with Crippen molar-refractivity contribution in [3.8, 4) is 17.2 Å². The second-order valence-electron chi connectivity index (χ2n) is 6.73. The molecule has 2 heterocycles. The Balaban J connectivity index is 1.78. The van der Waals surface area contributed by atoms with Gasteiger partial charge in [-0.1, -0.05) is 11.2 Å². The first-order valence-corrected chi connectivity index (χ1v) is 11.0. The molecular weight excluding hydrogens is 452 g/mol. The Hall–Kier alpha value is -3.90. The third-order valence-electron chi connectivity index (χ3n) is 4.81. The molecule has 1 atom stereocenters. The summed E-state index contributed by atoms with van der Waals surface area (Å²) < 4.78 is 50.0. The lowest BCUT2D eigenvalue weighted by Crippen LogP contribution is -2.15. The number of hydrogen-bond acceptors (Lipinski definition) is 10. The Morgan fingerprint density at radius 3 is 2.21 bits per heavy atom. The first-order chi connectivity index (χ1) is 15.9. The number of methoxy groups -OCH3 is 3. The Labute approximate surface area is 189 Å². The first kappa shape index (κ1) is 22.3. The third-order valence-corrected chi connectivity index (χ3v) is 6.21. The highest BCUT2D eigenvalue weighted by molar-refractivity contribution is 7.93. The van der Waals surface area contributed by atoms with Gasteiger partial charge in [-0.3, -0.25) is 4.72 Å². The minimum atomic E-state index is -4.20. The van der Waals surface area contributed by atoms with Gasteiger partial charge in [0.15, 0.2) is 22.1 Å². The fourth-order valence-electron chi connectivity index (χ4n) is 3.31. The standard InChI is InChI=1S/C21H20N4O7S/c1-29-13-6-4-7-14(30-2)19(13)33(27,28)25-20-17-15(31-3)10-12(11-16(17)32-24-20)18(26)21-22-8-5-9-23-21/h4-11,18,26H,1-3H3,(H,24,25).